The third kappa shape index (κ3) is 5.14. The van der Waals surface area contributed by atoms with E-state index in [1.807, 2.05) is 0 Å². The van der Waals surface area contributed by atoms with E-state index in [0.29, 0.717) is 5.54 Å². The zero-order chi connectivity index (χ0) is 31.2. The van der Waals surface area contributed by atoms with Gasteiger partial charge >= 0.3 is 0 Å². The SMILES string of the molecule is CC1=C(C)C([Si](c2cc(C)cc(C)c2)(c2cc(C)cc(C)c2)c2cc(-c3ccccc3)cc(-c3ccccc3)c2)C(C)=C1C. The number of benzene rings is 5. The zero-order valence-corrected chi connectivity index (χ0v) is 28.5. The lowest BCUT2D eigenvalue weighted by molar-refractivity contribution is 1.09. The van der Waals surface area contributed by atoms with Gasteiger partial charge in [-0.3, -0.25) is 0 Å². The van der Waals surface area contributed by atoms with Crippen LogP contribution in [0, 0.1) is 27.7 Å². The molecule has 0 heterocycles. The maximum atomic E-state index is 2.55. The molecule has 5 aromatic carbocycles. The molecule has 6 rings (SSSR count). The highest BCUT2D eigenvalue weighted by Gasteiger charge is 2.50. The van der Waals surface area contributed by atoms with Gasteiger partial charge in [-0.05, 0) is 110 Å². The second-order valence-electron chi connectivity index (χ2n) is 13.1. The first-order valence-electron chi connectivity index (χ1n) is 15.9. The van der Waals surface area contributed by atoms with E-state index in [1.165, 1.54) is 82.4 Å². The minimum absolute atomic E-state index is 0.319. The Balaban J connectivity index is 1.84. The highest BCUT2D eigenvalue weighted by Crippen LogP contribution is 2.47. The highest BCUT2D eigenvalue weighted by atomic mass is 28.3. The predicted molar refractivity (Wildman–Crippen MR) is 194 cm³/mol. The largest absolute Gasteiger partial charge is 0.159 e. The molecular formula is C43H44Si. The van der Waals surface area contributed by atoms with Gasteiger partial charge in [-0.1, -0.05) is 143 Å². The predicted octanol–water partition coefficient (Wildman–Crippen LogP) is 9.78. The van der Waals surface area contributed by atoms with Gasteiger partial charge in [0.15, 0.2) is 8.07 Å². The number of hydrogen-bond donors (Lipinski definition) is 0. The standard InChI is InChI=1S/C43H44Si/c1-28-19-29(2)22-40(21-28)44(41-23-30(3)20-31(4)24-41,43-34(7)32(5)33(6)35(43)8)42-26-38(36-15-11-9-12-16-36)25-39(27-42)37-17-13-10-14-18-37/h9-27,43H,1-8H3. The van der Waals surface area contributed by atoms with Crippen molar-refractivity contribution in [2.75, 3.05) is 0 Å². The molecule has 44 heavy (non-hydrogen) atoms. The van der Waals surface area contributed by atoms with Gasteiger partial charge in [-0.15, -0.1) is 0 Å². The fraction of sp³-hybridized carbons (Fsp3) is 0.209. The second-order valence-corrected chi connectivity index (χ2v) is 17.1. The third-order valence-electron chi connectivity index (χ3n) is 10.0. The molecule has 0 radical (unpaired) electrons. The third-order valence-corrected chi connectivity index (χ3v) is 15.3. The molecule has 220 valence electrons. The minimum atomic E-state index is -2.77. The molecule has 0 aromatic heterocycles. The van der Waals surface area contributed by atoms with Crippen LogP contribution in [0.15, 0.2) is 138 Å². The maximum absolute atomic E-state index is 2.77. The van der Waals surface area contributed by atoms with Crippen LogP contribution in [-0.4, -0.2) is 8.07 Å². The lowest BCUT2D eigenvalue weighted by Crippen LogP contribution is -2.70. The first-order chi connectivity index (χ1) is 21.1. The summed E-state index contributed by atoms with van der Waals surface area (Å²) in [6.07, 6.45) is 0. The van der Waals surface area contributed by atoms with Crippen LogP contribution in [0.1, 0.15) is 49.9 Å². The normalized spacial score (nSPS) is 14.1. The molecule has 0 fully saturated rings. The second kappa shape index (κ2) is 11.7. The van der Waals surface area contributed by atoms with Gasteiger partial charge in [0.25, 0.3) is 0 Å². The Hall–Kier alpha value is -4.20. The van der Waals surface area contributed by atoms with Gasteiger partial charge in [0, 0.05) is 5.54 Å². The molecule has 0 bridgehead atoms. The van der Waals surface area contributed by atoms with Crippen molar-refractivity contribution in [2.24, 2.45) is 0 Å². The van der Waals surface area contributed by atoms with Crippen LogP contribution in [0.2, 0.25) is 5.54 Å². The Labute approximate surface area is 265 Å². The van der Waals surface area contributed by atoms with Gasteiger partial charge in [0.1, 0.15) is 0 Å². The summed E-state index contributed by atoms with van der Waals surface area (Å²) in [5.74, 6) is 0. The number of hydrogen-bond acceptors (Lipinski definition) is 0. The van der Waals surface area contributed by atoms with Crippen LogP contribution in [0.5, 0.6) is 0 Å². The summed E-state index contributed by atoms with van der Waals surface area (Å²) in [6.45, 7) is 18.6. The van der Waals surface area contributed by atoms with Gasteiger partial charge in [-0.2, -0.15) is 0 Å². The van der Waals surface area contributed by atoms with E-state index in [-0.39, 0.29) is 0 Å². The van der Waals surface area contributed by atoms with E-state index in [0.717, 1.165) is 0 Å². The summed E-state index contributed by atoms with van der Waals surface area (Å²) in [5.41, 5.74) is 16.7. The van der Waals surface area contributed by atoms with E-state index in [2.05, 4.69) is 171 Å². The van der Waals surface area contributed by atoms with Crippen LogP contribution >= 0.6 is 0 Å². The van der Waals surface area contributed by atoms with Crippen molar-refractivity contribution in [3.05, 3.63) is 160 Å². The smallest absolute Gasteiger partial charge is 0.0647 e. The van der Waals surface area contributed by atoms with Gasteiger partial charge in [0.05, 0.1) is 0 Å². The van der Waals surface area contributed by atoms with Crippen molar-refractivity contribution in [3.8, 4) is 22.3 Å². The van der Waals surface area contributed by atoms with Crippen molar-refractivity contribution in [1.29, 1.82) is 0 Å². The van der Waals surface area contributed by atoms with Crippen LogP contribution in [-0.2, 0) is 0 Å². The summed E-state index contributed by atoms with van der Waals surface area (Å²) < 4.78 is 0. The Bertz CT molecular complexity index is 1750. The summed E-state index contributed by atoms with van der Waals surface area (Å²) in [7, 11) is -2.77. The molecule has 0 amide bonds. The van der Waals surface area contributed by atoms with Crippen LogP contribution in [0.4, 0.5) is 0 Å². The summed E-state index contributed by atoms with van der Waals surface area (Å²) in [6, 6.07) is 44.1. The Morgan fingerprint density at radius 3 is 1.07 bits per heavy atom. The summed E-state index contributed by atoms with van der Waals surface area (Å²) in [4.78, 5) is 0. The van der Waals surface area contributed by atoms with E-state index >= 15 is 0 Å². The number of rotatable bonds is 6. The molecule has 1 aliphatic rings. The zero-order valence-electron chi connectivity index (χ0n) is 27.5. The highest BCUT2D eigenvalue weighted by molar-refractivity contribution is 7.13. The number of aryl methyl sites for hydroxylation is 4. The molecule has 0 aliphatic heterocycles. The molecule has 0 unspecified atom stereocenters. The van der Waals surface area contributed by atoms with Crippen LogP contribution in [0.25, 0.3) is 22.3 Å². The van der Waals surface area contributed by atoms with Gasteiger partial charge in [0.2, 0.25) is 0 Å². The maximum Gasteiger partial charge on any atom is 0.159 e. The molecule has 0 saturated carbocycles. The molecule has 0 spiro atoms. The Kier molecular flexibility index (Phi) is 7.94. The van der Waals surface area contributed by atoms with Crippen molar-refractivity contribution in [2.45, 2.75) is 60.9 Å². The quantitative estimate of drug-likeness (QED) is 0.137. The summed E-state index contributed by atoms with van der Waals surface area (Å²) >= 11 is 0. The van der Waals surface area contributed by atoms with Crippen molar-refractivity contribution < 1.29 is 0 Å². The topological polar surface area (TPSA) is 0 Å². The lowest BCUT2D eigenvalue weighted by Gasteiger charge is -2.42. The molecule has 0 N–H and O–H groups in total. The fourth-order valence-corrected chi connectivity index (χ4v) is 14.2. The van der Waals surface area contributed by atoms with E-state index < -0.39 is 8.07 Å². The lowest BCUT2D eigenvalue weighted by atomic mass is 9.99. The monoisotopic (exact) mass is 588 g/mol. The van der Waals surface area contributed by atoms with E-state index in [1.54, 1.807) is 0 Å². The van der Waals surface area contributed by atoms with Crippen molar-refractivity contribution in [3.63, 3.8) is 0 Å². The molecule has 0 nitrogen and oxygen atoms in total. The first-order valence-corrected chi connectivity index (χ1v) is 18.0. The molecule has 0 saturated heterocycles. The van der Waals surface area contributed by atoms with Crippen molar-refractivity contribution >= 4 is 23.6 Å². The van der Waals surface area contributed by atoms with Crippen LogP contribution in [0.3, 0.4) is 0 Å². The number of allylic oxidation sites excluding steroid dienone is 4. The van der Waals surface area contributed by atoms with Gasteiger partial charge < -0.3 is 0 Å². The minimum Gasteiger partial charge on any atom is -0.0647 e. The van der Waals surface area contributed by atoms with E-state index in [9.17, 15) is 0 Å². The molecule has 5 aromatic rings. The molecular weight excluding hydrogens is 545 g/mol. The van der Waals surface area contributed by atoms with Gasteiger partial charge in [-0.25, -0.2) is 0 Å². The molecule has 1 aliphatic carbocycles. The van der Waals surface area contributed by atoms with E-state index in [4.69, 9.17) is 0 Å². The average molecular weight is 589 g/mol. The first kappa shape index (κ1) is 29.9. The molecule has 0 atom stereocenters. The average Bonchev–Trinajstić information content (AvgIpc) is 3.20. The fourth-order valence-electron chi connectivity index (χ4n) is 7.85. The van der Waals surface area contributed by atoms with Crippen molar-refractivity contribution in [1.82, 2.24) is 0 Å². The Morgan fingerprint density at radius 1 is 0.364 bits per heavy atom. The Morgan fingerprint density at radius 2 is 0.705 bits per heavy atom. The molecule has 1 heteroatoms. The van der Waals surface area contributed by atoms with Crippen LogP contribution < -0.4 is 15.6 Å². The summed E-state index contributed by atoms with van der Waals surface area (Å²) in [5, 5.41) is 4.46.